The number of hydrogen-bond donors (Lipinski definition) is 3. The Morgan fingerprint density at radius 1 is 0.923 bits per heavy atom. The molecule has 196 valence electrons. The minimum absolute atomic E-state index is 0.0112. The highest BCUT2D eigenvalue weighted by molar-refractivity contribution is 6.31. The number of carboxylic acid groups (broad SMARTS) is 1. The van der Waals surface area contributed by atoms with Crippen LogP contribution in [0.2, 0.25) is 5.02 Å². The molecule has 4 aromatic carbocycles. The van der Waals surface area contributed by atoms with Gasteiger partial charge in [-0.3, -0.25) is 4.79 Å². The Kier molecular flexibility index (Phi) is 7.48. The second kappa shape index (κ2) is 11.1. The van der Waals surface area contributed by atoms with Crippen molar-refractivity contribution in [1.82, 2.24) is 15.3 Å². The second-order valence-corrected chi connectivity index (χ2v) is 9.97. The third-order valence-electron chi connectivity index (χ3n) is 6.84. The predicted molar refractivity (Wildman–Crippen MR) is 155 cm³/mol. The number of aromatic amines is 1. The summed E-state index contributed by atoms with van der Waals surface area (Å²) in [4.78, 5) is 34.0. The van der Waals surface area contributed by atoms with Crippen LogP contribution in [0.1, 0.15) is 57.7 Å². The molecule has 1 amide bonds. The molecule has 1 atom stereocenters. The molecule has 0 bridgehead atoms. The Bertz CT molecular complexity index is 1640. The van der Waals surface area contributed by atoms with Gasteiger partial charge in [0.1, 0.15) is 5.82 Å². The molecule has 0 radical (unpaired) electrons. The number of imidazole rings is 1. The van der Waals surface area contributed by atoms with Crippen molar-refractivity contribution in [3.8, 4) is 22.5 Å². The zero-order valence-corrected chi connectivity index (χ0v) is 22.4. The van der Waals surface area contributed by atoms with Crippen LogP contribution in [0.3, 0.4) is 0 Å². The first-order valence-electron chi connectivity index (χ1n) is 12.8. The van der Waals surface area contributed by atoms with Gasteiger partial charge in [-0.25, -0.2) is 9.78 Å². The fourth-order valence-electron chi connectivity index (χ4n) is 4.91. The van der Waals surface area contributed by atoms with Crippen molar-refractivity contribution in [2.75, 3.05) is 0 Å². The monoisotopic (exact) mass is 537 g/mol. The van der Waals surface area contributed by atoms with Gasteiger partial charge in [0.2, 0.25) is 0 Å². The van der Waals surface area contributed by atoms with Gasteiger partial charge in [-0.2, -0.15) is 0 Å². The Labute approximate surface area is 231 Å². The molecule has 0 aliphatic carbocycles. The molecule has 5 rings (SSSR count). The lowest BCUT2D eigenvalue weighted by Crippen LogP contribution is -2.29. The standard InChI is InChI=1S/C32H28ClN3O3/c1-3-9-27(20-10-5-4-6-11-20)36-31(37)23-18-26(32(38)39)24(16-19(23)2)25-17-21(33)14-15-22(25)30-34-28-12-7-8-13-29(28)35-30/h4-8,10-18,27H,3,9H2,1-2H3,(H,34,35)(H,36,37)(H,38,39)/t27-/m1/s1. The van der Waals surface area contributed by atoms with Crippen molar-refractivity contribution in [3.05, 3.63) is 112 Å². The molecule has 3 N–H and O–H groups in total. The van der Waals surface area contributed by atoms with Crippen molar-refractivity contribution in [2.45, 2.75) is 32.7 Å². The molecule has 5 aromatic rings. The summed E-state index contributed by atoms with van der Waals surface area (Å²) >= 11 is 6.39. The van der Waals surface area contributed by atoms with Crippen molar-refractivity contribution in [1.29, 1.82) is 0 Å². The summed E-state index contributed by atoms with van der Waals surface area (Å²) in [5.41, 5.74) is 5.45. The van der Waals surface area contributed by atoms with Gasteiger partial charge in [0, 0.05) is 16.1 Å². The van der Waals surface area contributed by atoms with E-state index in [4.69, 9.17) is 16.6 Å². The molecule has 0 unspecified atom stereocenters. The number of nitrogens with one attached hydrogen (secondary N) is 2. The average Bonchev–Trinajstić information content (AvgIpc) is 3.37. The quantitative estimate of drug-likeness (QED) is 0.188. The van der Waals surface area contributed by atoms with Crippen molar-refractivity contribution in [3.63, 3.8) is 0 Å². The first kappa shape index (κ1) is 26.2. The van der Waals surface area contributed by atoms with Crippen LogP contribution in [-0.2, 0) is 0 Å². The molecule has 7 heteroatoms. The van der Waals surface area contributed by atoms with Crippen LogP contribution in [0.15, 0.2) is 84.9 Å². The molecule has 6 nitrogen and oxygen atoms in total. The lowest BCUT2D eigenvalue weighted by atomic mass is 9.90. The van der Waals surface area contributed by atoms with Gasteiger partial charge in [-0.05, 0) is 78.1 Å². The summed E-state index contributed by atoms with van der Waals surface area (Å²) in [5.74, 6) is -0.848. The number of halogens is 1. The number of aryl methyl sites for hydroxylation is 1. The summed E-state index contributed by atoms with van der Waals surface area (Å²) in [6.07, 6.45) is 1.65. The van der Waals surface area contributed by atoms with E-state index in [2.05, 4.69) is 17.2 Å². The molecule has 0 saturated carbocycles. The normalized spacial score (nSPS) is 11.9. The van der Waals surface area contributed by atoms with E-state index < -0.39 is 5.97 Å². The number of nitrogens with zero attached hydrogens (tertiary/aromatic N) is 1. The second-order valence-electron chi connectivity index (χ2n) is 9.54. The number of H-pyrrole nitrogens is 1. The summed E-state index contributed by atoms with van der Waals surface area (Å²) in [7, 11) is 0. The number of para-hydroxylation sites is 2. The lowest BCUT2D eigenvalue weighted by Gasteiger charge is -2.20. The molecule has 0 spiro atoms. The molecule has 0 aliphatic rings. The van der Waals surface area contributed by atoms with Gasteiger partial charge >= 0.3 is 5.97 Å². The van der Waals surface area contributed by atoms with Gasteiger partial charge in [0.25, 0.3) is 5.91 Å². The van der Waals surface area contributed by atoms with Gasteiger partial charge in [-0.15, -0.1) is 0 Å². The van der Waals surface area contributed by atoms with Gasteiger partial charge in [-0.1, -0.05) is 67.4 Å². The van der Waals surface area contributed by atoms with E-state index in [1.807, 2.05) is 67.6 Å². The van der Waals surface area contributed by atoms with Crippen LogP contribution in [-0.4, -0.2) is 27.0 Å². The van der Waals surface area contributed by atoms with E-state index in [1.165, 1.54) is 6.07 Å². The van der Waals surface area contributed by atoms with E-state index >= 15 is 0 Å². The van der Waals surface area contributed by atoms with Crippen LogP contribution < -0.4 is 5.32 Å². The van der Waals surface area contributed by atoms with Gasteiger partial charge in [0.05, 0.1) is 22.6 Å². The molecule has 0 fully saturated rings. The third-order valence-corrected chi connectivity index (χ3v) is 7.08. The maximum absolute atomic E-state index is 13.4. The summed E-state index contributed by atoms with van der Waals surface area (Å²) in [5, 5.41) is 13.8. The number of carboxylic acids is 1. The minimum Gasteiger partial charge on any atom is -0.478 e. The zero-order chi connectivity index (χ0) is 27.5. The summed E-state index contributed by atoms with van der Waals surface area (Å²) in [6, 6.07) is 25.8. The number of aromatic carboxylic acids is 1. The van der Waals surface area contributed by atoms with Crippen LogP contribution in [0, 0.1) is 6.92 Å². The smallest absolute Gasteiger partial charge is 0.336 e. The van der Waals surface area contributed by atoms with Gasteiger partial charge in [0.15, 0.2) is 0 Å². The number of rotatable bonds is 8. The molecular weight excluding hydrogens is 510 g/mol. The SMILES string of the molecule is CCC[C@@H](NC(=O)c1cc(C(=O)O)c(-c2cc(Cl)ccc2-c2nc3ccccc3[nH]2)cc1C)c1ccccc1. The average molecular weight is 538 g/mol. The summed E-state index contributed by atoms with van der Waals surface area (Å²) in [6.45, 7) is 3.88. The Balaban J connectivity index is 1.58. The predicted octanol–water partition coefficient (Wildman–Crippen LogP) is 7.83. The van der Waals surface area contributed by atoms with Crippen molar-refractivity contribution in [2.24, 2.45) is 0 Å². The van der Waals surface area contributed by atoms with Gasteiger partial charge < -0.3 is 15.4 Å². The van der Waals surface area contributed by atoms with Crippen LogP contribution >= 0.6 is 11.6 Å². The minimum atomic E-state index is -1.14. The van der Waals surface area contributed by atoms with Crippen LogP contribution in [0.5, 0.6) is 0 Å². The van der Waals surface area contributed by atoms with E-state index in [-0.39, 0.29) is 17.5 Å². The number of aromatic nitrogens is 2. The number of hydrogen-bond acceptors (Lipinski definition) is 3. The maximum Gasteiger partial charge on any atom is 0.336 e. The Morgan fingerprint density at radius 3 is 2.38 bits per heavy atom. The fourth-order valence-corrected chi connectivity index (χ4v) is 5.08. The van der Waals surface area contributed by atoms with Crippen molar-refractivity contribution >= 4 is 34.5 Å². The Hall–Kier alpha value is -4.42. The molecule has 0 saturated heterocycles. The number of carbonyl (C=O) groups excluding carboxylic acids is 1. The third kappa shape index (κ3) is 5.42. The van der Waals surface area contributed by atoms with Crippen LogP contribution in [0.25, 0.3) is 33.5 Å². The van der Waals surface area contributed by atoms with Crippen LogP contribution in [0.4, 0.5) is 0 Å². The number of amides is 1. The molecular formula is C32H28ClN3O3. The zero-order valence-electron chi connectivity index (χ0n) is 21.7. The fraction of sp³-hybridized carbons (Fsp3) is 0.156. The highest BCUT2D eigenvalue weighted by Crippen LogP contribution is 2.37. The number of fused-ring (bicyclic) bond motifs is 1. The molecule has 39 heavy (non-hydrogen) atoms. The van der Waals surface area contributed by atoms with E-state index in [9.17, 15) is 14.7 Å². The topological polar surface area (TPSA) is 95.1 Å². The highest BCUT2D eigenvalue weighted by Gasteiger charge is 2.23. The molecule has 1 aromatic heterocycles. The number of carbonyl (C=O) groups is 2. The number of benzene rings is 4. The molecule has 0 aliphatic heterocycles. The van der Waals surface area contributed by atoms with E-state index in [1.54, 1.807) is 18.2 Å². The first-order chi connectivity index (χ1) is 18.9. The molecule has 1 heterocycles. The maximum atomic E-state index is 13.4. The van der Waals surface area contributed by atoms with E-state index in [0.717, 1.165) is 29.4 Å². The summed E-state index contributed by atoms with van der Waals surface area (Å²) < 4.78 is 0. The lowest BCUT2D eigenvalue weighted by molar-refractivity contribution is 0.0697. The largest absolute Gasteiger partial charge is 0.478 e. The van der Waals surface area contributed by atoms with E-state index in [0.29, 0.717) is 38.7 Å². The highest BCUT2D eigenvalue weighted by atomic mass is 35.5. The first-order valence-corrected chi connectivity index (χ1v) is 13.2. The Morgan fingerprint density at radius 2 is 1.67 bits per heavy atom. The van der Waals surface area contributed by atoms with Crippen molar-refractivity contribution < 1.29 is 14.7 Å².